The van der Waals surface area contributed by atoms with Gasteiger partial charge < -0.3 is 5.32 Å². The lowest BCUT2D eigenvalue weighted by atomic mass is 10.3. The Morgan fingerprint density at radius 3 is 2.81 bits per heavy atom. The van der Waals surface area contributed by atoms with Gasteiger partial charge in [0, 0.05) is 41.5 Å². The van der Waals surface area contributed by atoms with Crippen LogP contribution in [0.25, 0.3) is 0 Å². The summed E-state index contributed by atoms with van der Waals surface area (Å²) in [6.45, 7) is 4.46. The number of rotatable bonds is 6. The molecule has 1 aliphatic heterocycles. The molecule has 2 fully saturated rings. The molecule has 0 spiro atoms. The van der Waals surface area contributed by atoms with Crippen molar-refractivity contribution in [2.75, 3.05) is 20.1 Å². The fourth-order valence-electron chi connectivity index (χ4n) is 2.99. The Balaban J connectivity index is 1.68. The number of sulfonamides is 1. The molecule has 5 nitrogen and oxygen atoms in total. The van der Waals surface area contributed by atoms with E-state index in [1.54, 1.807) is 17.4 Å². The maximum Gasteiger partial charge on any atom is 0.241 e. The summed E-state index contributed by atoms with van der Waals surface area (Å²) in [6, 6.07) is 2.57. The average molecular weight is 329 g/mol. The summed E-state index contributed by atoms with van der Waals surface area (Å²) in [7, 11) is -1.53. The second kappa shape index (κ2) is 5.96. The number of nitrogens with zero attached hydrogens (tertiary/aromatic N) is 1. The van der Waals surface area contributed by atoms with Gasteiger partial charge in [0.15, 0.2) is 0 Å². The first-order valence-electron chi connectivity index (χ1n) is 7.50. The fraction of sp³-hybridized carbons (Fsp3) is 0.714. The Hall–Kier alpha value is -0.470. The highest BCUT2D eigenvalue weighted by Crippen LogP contribution is 2.31. The van der Waals surface area contributed by atoms with Crippen LogP contribution in [0.4, 0.5) is 0 Å². The first kappa shape index (κ1) is 15.4. The third kappa shape index (κ3) is 3.48. The van der Waals surface area contributed by atoms with E-state index in [4.69, 9.17) is 0 Å². The van der Waals surface area contributed by atoms with Crippen molar-refractivity contribution in [2.24, 2.45) is 0 Å². The molecule has 1 unspecified atom stereocenters. The highest BCUT2D eigenvalue weighted by atomic mass is 32.2. The molecule has 21 heavy (non-hydrogen) atoms. The number of aryl methyl sites for hydroxylation is 1. The van der Waals surface area contributed by atoms with Gasteiger partial charge in [-0.2, -0.15) is 0 Å². The van der Waals surface area contributed by atoms with Crippen molar-refractivity contribution in [1.82, 2.24) is 14.9 Å². The minimum absolute atomic E-state index is 0.0580. The summed E-state index contributed by atoms with van der Waals surface area (Å²) in [5.41, 5.74) is 0. The molecule has 1 aromatic heterocycles. The summed E-state index contributed by atoms with van der Waals surface area (Å²) < 4.78 is 28.0. The number of nitrogens with one attached hydrogen (secondary N) is 2. The molecule has 1 saturated carbocycles. The largest absolute Gasteiger partial charge is 0.315 e. The summed E-state index contributed by atoms with van der Waals surface area (Å²) in [4.78, 5) is 4.79. The summed E-state index contributed by atoms with van der Waals surface area (Å²) in [5, 5.41) is 3.06. The molecule has 118 valence electrons. The van der Waals surface area contributed by atoms with Crippen molar-refractivity contribution >= 4 is 21.4 Å². The highest BCUT2D eigenvalue weighted by molar-refractivity contribution is 7.89. The van der Waals surface area contributed by atoms with Gasteiger partial charge in [0.1, 0.15) is 0 Å². The zero-order valence-corrected chi connectivity index (χ0v) is 14.2. The lowest BCUT2D eigenvalue weighted by Gasteiger charge is -2.15. The van der Waals surface area contributed by atoms with Crippen LogP contribution in [0.2, 0.25) is 0 Å². The van der Waals surface area contributed by atoms with Crippen molar-refractivity contribution in [1.29, 1.82) is 0 Å². The smallest absolute Gasteiger partial charge is 0.241 e. The normalized spacial score (nSPS) is 23.8. The summed E-state index contributed by atoms with van der Waals surface area (Å²) in [6.07, 6.45) is 3.47. The molecule has 1 aliphatic carbocycles. The van der Waals surface area contributed by atoms with Crippen LogP contribution < -0.4 is 10.0 Å². The van der Waals surface area contributed by atoms with E-state index >= 15 is 0 Å². The SMILES string of the molecule is CNCc1cc(S(=O)(=O)NC2CCN(C3CC3)C2)c(C)s1. The Labute approximate surface area is 130 Å². The van der Waals surface area contributed by atoms with Crippen LogP contribution >= 0.6 is 11.3 Å². The molecule has 3 rings (SSSR count). The number of thiophene rings is 1. The molecule has 0 amide bonds. The van der Waals surface area contributed by atoms with Crippen LogP contribution in [-0.4, -0.2) is 45.5 Å². The number of hydrogen-bond acceptors (Lipinski definition) is 5. The first-order chi connectivity index (χ1) is 9.99. The molecule has 7 heteroatoms. The van der Waals surface area contributed by atoms with Crippen molar-refractivity contribution in [3.8, 4) is 0 Å². The van der Waals surface area contributed by atoms with Crippen molar-refractivity contribution in [3.63, 3.8) is 0 Å². The van der Waals surface area contributed by atoms with E-state index in [-0.39, 0.29) is 6.04 Å². The van der Waals surface area contributed by atoms with E-state index in [1.807, 2.05) is 14.0 Å². The molecule has 1 atom stereocenters. The molecule has 0 bridgehead atoms. The maximum absolute atomic E-state index is 12.6. The van der Waals surface area contributed by atoms with Gasteiger partial charge in [-0.3, -0.25) is 4.90 Å². The Morgan fingerprint density at radius 2 is 2.14 bits per heavy atom. The zero-order chi connectivity index (χ0) is 15.0. The van der Waals surface area contributed by atoms with Gasteiger partial charge in [-0.15, -0.1) is 11.3 Å². The number of hydrogen-bond donors (Lipinski definition) is 2. The van der Waals surface area contributed by atoms with Crippen molar-refractivity contribution in [3.05, 3.63) is 15.8 Å². The van der Waals surface area contributed by atoms with Crippen LogP contribution in [0.3, 0.4) is 0 Å². The summed E-state index contributed by atoms with van der Waals surface area (Å²) in [5.74, 6) is 0. The van der Waals surface area contributed by atoms with E-state index in [0.29, 0.717) is 17.5 Å². The molecular weight excluding hydrogens is 306 g/mol. The van der Waals surface area contributed by atoms with E-state index in [1.165, 1.54) is 12.8 Å². The second-order valence-electron chi connectivity index (χ2n) is 6.00. The van der Waals surface area contributed by atoms with Gasteiger partial charge in [0.25, 0.3) is 0 Å². The topological polar surface area (TPSA) is 61.4 Å². The van der Waals surface area contributed by atoms with Crippen LogP contribution in [0.1, 0.15) is 29.0 Å². The lowest BCUT2D eigenvalue weighted by molar-refractivity contribution is 0.322. The van der Waals surface area contributed by atoms with Gasteiger partial charge >= 0.3 is 0 Å². The van der Waals surface area contributed by atoms with Crippen molar-refractivity contribution < 1.29 is 8.42 Å². The van der Waals surface area contributed by atoms with Crippen molar-refractivity contribution in [2.45, 2.75) is 49.7 Å². The quantitative estimate of drug-likeness (QED) is 0.826. The monoisotopic (exact) mass is 329 g/mol. The Morgan fingerprint density at radius 1 is 1.38 bits per heavy atom. The molecule has 2 N–H and O–H groups in total. The molecule has 0 radical (unpaired) electrons. The van der Waals surface area contributed by atoms with E-state index in [9.17, 15) is 8.42 Å². The van der Waals surface area contributed by atoms with E-state index in [2.05, 4.69) is 14.9 Å². The predicted octanol–water partition coefficient (Wildman–Crippen LogP) is 1.29. The molecule has 1 aromatic rings. The lowest BCUT2D eigenvalue weighted by Crippen LogP contribution is -2.37. The third-order valence-electron chi connectivity index (χ3n) is 4.17. The predicted molar refractivity (Wildman–Crippen MR) is 85.1 cm³/mol. The third-order valence-corrected chi connectivity index (χ3v) is 6.99. The minimum atomic E-state index is -3.39. The van der Waals surface area contributed by atoms with Gasteiger partial charge in [-0.05, 0) is 39.3 Å². The molecular formula is C14H23N3O2S2. The molecule has 0 aromatic carbocycles. The van der Waals surface area contributed by atoms with Gasteiger partial charge in [0.2, 0.25) is 10.0 Å². The van der Waals surface area contributed by atoms with Gasteiger partial charge in [-0.25, -0.2) is 13.1 Å². The summed E-state index contributed by atoms with van der Waals surface area (Å²) >= 11 is 1.55. The van der Waals surface area contributed by atoms with Crippen LogP contribution in [0.15, 0.2) is 11.0 Å². The minimum Gasteiger partial charge on any atom is -0.315 e. The maximum atomic E-state index is 12.6. The fourth-order valence-corrected chi connectivity index (χ4v) is 5.90. The Bertz CT molecular complexity index is 608. The highest BCUT2D eigenvalue weighted by Gasteiger charge is 2.36. The van der Waals surface area contributed by atoms with E-state index in [0.717, 1.165) is 29.3 Å². The standard InChI is InChI=1S/C14H23N3O2S2/c1-10-14(7-13(20-10)8-15-2)21(18,19)16-11-5-6-17(9-11)12-3-4-12/h7,11-12,15-16H,3-6,8-9H2,1-2H3. The molecule has 2 aliphatic rings. The van der Waals surface area contributed by atoms with Gasteiger partial charge in [-0.1, -0.05) is 0 Å². The molecule has 1 saturated heterocycles. The van der Waals surface area contributed by atoms with Gasteiger partial charge in [0.05, 0.1) is 4.90 Å². The van der Waals surface area contributed by atoms with Crippen LogP contribution in [0.5, 0.6) is 0 Å². The number of likely N-dealkylation sites (tertiary alicyclic amines) is 1. The Kier molecular flexibility index (Phi) is 4.38. The van der Waals surface area contributed by atoms with E-state index < -0.39 is 10.0 Å². The van der Waals surface area contributed by atoms with Crippen LogP contribution in [-0.2, 0) is 16.6 Å². The first-order valence-corrected chi connectivity index (χ1v) is 9.80. The molecule has 2 heterocycles. The van der Waals surface area contributed by atoms with Crippen LogP contribution in [0, 0.1) is 6.92 Å². The second-order valence-corrected chi connectivity index (χ2v) is 9.02. The zero-order valence-electron chi connectivity index (χ0n) is 12.6. The average Bonchev–Trinajstić information content (AvgIpc) is 3.05.